The molecule has 23 heavy (non-hydrogen) atoms. The normalized spacial score (nSPS) is 15.6. The number of rotatable bonds is 4. The maximum Gasteiger partial charge on any atom is 0.416 e. The summed E-state index contributed by atoms with van der Waals surface area (Å²) in [6, 6.07) is 5.28. The van der Waals surface area contributed by atoms with Crippen LogP contribution in [-0.2, 0) is 6.18 Å². The van der Waals surface area contributed by atoms with Crippen LogP contribution >= 0.6 is 0 Å². The molecular formula is C15H16F3N5. The smallest absolute Gasteiger partial charge is 0.350 e. The van der Waals surface area contributed by atoms with Crippen LogP contribution in [0.1, 0.15) is 31.2 Å². The Bertz CT molecular complexity index is 668. The lowest BCUT2D eigenvalue weighted by Crippen LogP contribution is -2.17. The van der Waals surface area contributed by atoms with E-state index < -0.39 is 11.7 Å². The molecule has 1 aliphatic rings. The molecule has 0 bridgehead atoms. The van der Waals surface area contributed by atoms with Gasteiger partial charge in [-0.3, -0.25) is 0 Å². The number of hydrogen-bond acceptors (Lipinski definition) is 5. The maximum absolute atomic E-state index is 12.7. The summed E-state index contributed by atoms with van der Waals surface area (Å²) in [5, 5.41) is 13.8. The first-order valence-electron chi connectivity index (χ1n) is 7.41. The average molecular weight is 323 g/mol. The van der Waals surface area contributed by atoms with Gasteiger partial charge in [-0.15, -0.1) is 5.10 Å². The van der Waals surface area contributed by atoms with Crippen molar-refractivity contribution in [1.29, 1.82) is 0 Å². The third-order valence-corrected chi connectivity index (χ3v) is 3.71. The molecule has 0 amide bonds. The van der Waals surface area contributed by atoms with Gasteiger partial charge >= 0.3 is 6.18 Å². The van der Waals surface area contributed by atoms with E-state index in [4.69, 9.17) is 0 Å². The van der Waals surface area contributed by atoms with Crippen LogP contribution in [0.4, 0.5) is 30.6 Å². The van der Waals surface area contributed by atoms with Crippen LogP contribution in [0.2, 0.25) is 0 Å². The molecule has 0 radical (unpaired) electrons. The molecule has 0 aliphatic heterocycles. The van der Waals surface area contributed by atoms with Gasteiger partial charge in [0, 0.05) is 11.7 Å². The van der Waals surface area contributed by atoms with Gasteiger partial charge in [0.2, 0.25) is 5.95 Å². The Balaban J connectivity index is 1.72. The Kier molecular flexibility index (Phi) is 4.31. The van der Waals surface area contributed by atoms with Crippen LogP contribution in [-0.4, -0.2) is 21.2 Å². The lowest BCUT2D eigenvalue weighted by atomic mass is 10.2. The fraction of sp³-hybridized carbons (Fsp3) is 0.400. The lowest BCUT2D eigenvalue weighted by Gasteiger charge is -2.13. The Labute approximate surface area is 131 Å². The summed E-state index contributed by atoms with van der Waals surface area (Å²) in [4.78, 5) is 4.25. The fourth-order valence-electron chi connectivity index (χ4n) is 2.60. The van der Waals surface area contributed by atoms with E-state index in [-0.39, 0.29) is 0 Å². The van der Waals surface area contributed by atoms with E-state index in [9.17, 15) is 13.2 Å². The summed E-state index contributed by atoms with van der Waals surface area (Å²) >= 11 is 0. The molecule has 8 heteroatoms. The predicted octanol–water partition coefficient (Wildman–Crippen LogP) is 3.99. The van der Waals surface area contributed by atoms with Gasteiger partial charge in [-0.25, -0.2) is 0 Å². The monoisotopic (exact) mass is 323 g/mol. The molecule has 3 rings (SSSR count). The quantitative estimate of drug-likeness (QED) is 0.891. The van der Waals surface area contributed by atoms with E-state index in [1.54, 1.807) is 6.07 Å². The van der Waals surface area contributed by atoms with Crippen LogP contribution < -0.4 is 10.6 Å². The molecule has 122 valence electrons. The van der Waals surface area contributed by atoms with Gasteiger partial charge < -0.3 is 10.6 Å². The third-order valence-electron chi connectivity index (χ3n) is 3.71. The minimum absolute atomic E-state index is 0.298. The summed E-state index contributed by atoms with van der Waals surface area (Å²) in [6.07, 6.45) is 1.47. The van der Waals surface area contributed by atoms with Crippen LogP contribution in [0.15, 0.2) is 30.5 Å². The van der Waals surface area contributed by atoms with Gasteiger partial charge in [-0.1, -0.05) is 18.9 Å². The van der Waals surface area contributed by atoms with Crippen molar-refractivity contribution in [2.45, 2.75) is 37.9 Å². The average Bonchev–Trinajstić information content (AvgIpc) is 3.00. The molecule has 1 aromatic heterocycles. The van der Waals surface area contributed by atoms with Crippen LogP contribution in [0.5, 0.6) is 0 Å². The van der Waals surface area contributed by atoms with Crippen LogP contribution in [0.25, 0.3) is 0 Å². The molecule has 0 saturated heterocycles. The van der Waals surface area contributed by atoms with Crippen LogP contribution in [0.3, 0.4) is 0 Å². The molecule has 5 nitrogen and oxygen atoms in total. The van der Waals surface area contributed by atoms with Crippen molar-refractivity contribution >= 4 is 17.5 Å². The topological polar surface area (TPSA) is 62.7 Å². The molecule has 2 N–H and O–H groups in total. The standard InChI is InChI=1S/C15H16F3N5/c16-15(17,18)10-4-3-7-12(8-10)20-13-9-19-23-14(22-13)21-11-5-1-2-6-11/h3-4,7-9,11H,1-2,5-6H2,(H2,20,21,22,23). The van der Waals surface area contributed by atoms with Gasteiger partial charge in [0.25, 0.3) is 0 Å². The predicted molar refractivity (Wildman–Crippen MR) is 80.4 cm³/mol. The summed E-state index contributed by atoms with van der Waals surface area (Å²) < 4.78 is 38.2. The Morgan fingerprint density at radius 2 is 1.91 bits per heavy atom. The number of benzene rings is 1. The first-order valence-corrected chi connectivity index (χ1v) is 7.41. The van der Waals surface area contributed by atoms with Gasteiger partial charge in [-0.05, 0) is 31.0 Å². The van der Waals surface area contributed by atoms with E-state index >= 15 is 0 Å². The first-order chi connectivity index (χ1) is 11.0. The molecule has 0 unspecified atom stereocenters. The van der Waals surface area contributed by atoms with Crippen molar-refractivity contribution in [2.75, 3.05) is 10.6 Å². The van der Waals surface area contributed by atoms with E-state index in [0.29, 0.717) is 23.5 Å². The lowest BCUT2D eigenvalue weighted by molar-refractivity contribution is -0.137. The van der Waals surface area contributed by atoms with Crippen molar-refractivity contribution in [3.63, 3.8) is 0 Å². The van der Waals surface area contributed by atoms with Crippen LogP contribution in [0, 0.1) is 0 Å². The molecule has 1 saturated carbocycles. The van der Waals surface area contributed by atoms with E-state index in [0.717, 1.165) is 25.0 Å². The summed E-state index contributed by atoms with van der Waals surface area (Å²) in [6.45, 7) is 0. The number of halogens is 3. The highest BCUT2D eigenvalue weighted by atomic mass is 19.4. The number of nitrogens with one attached hydrogen (secondary N) is 2. The highest BCUT2D eigenvalue weighted by Crippen LogP contribution is 2.31. The number of anilines is 3. The highest BCUT2D eigenvalue weighted by molar-refractivity contribution is 5.57. The number of alkyl halides is 3. The zero-order valence-corrected chi connectivity index (χ0v) is 12.3. The van der Waals surface area contributed by atoms with Gasteiger partial charge in [0.1, 0.15) is 0 Å². The minimum Gasteiger partial charge on any atom is -0.350 e. The van der Waals surface area contributed by atoms with Crippen molar-refractivity contribution < 1.29 is 13.2 Å². The summed E-state index contributed by atoms with van der Waals surface area (Å²) in [5.74, 6) is 0.730. The van der Waals surface area contributed by atoms with Crippen molar-refractivity contribution in [1.82, 2.24) is 15.2 Å². The van der Waals surface area contributed by atoms with Crippen molar-refractivity contribution in [3.8, 4) is 0 Å². The molecule has 2 aromatic rings. The van der Waals surface area contributed by atoms with Gasteiger partial charge in [0.15, 0.2) is 5.82 Å². The summed E-state index contributed by atoms with van der Waals surface area (Å²) in [5.41, 5.74) is -0.416. The van der Waals surface area contributed by atoms with Gasteiger partial charge in [-0.2, -0.15) is 23.3 Å². The summed E-state index contributed by atoms with van der Waals surface area (Å²) in [7, 11) is 0. The van der Waals surface area contributed by atoms with Gasteiger partial charge in [0.05, 0.1) is 11.8 Å². The molecule has 1 fully saturated rings. The Hall–Kier alpha value is -2.38. The highest BCUT2D eigenvalue weighted by Gasteiger charge is 2.30. The van der Waals surface area contributed by atoms with E-state index in [1.165, 1.54) is 25.1 Å². The molecular weight excluding hydrogens is 307 g/mol. The first kappa shape index (κ1) is 15.5. The molecule has 1 aliphatic carbocycles. The third kappa shape index (κ3) is 4.08. The van der Waals surface area contributed by atoms with E-state index in [1.807, 2.05) is 0 Å². The Morgan fingerprint density at radius 1 is 1.13 bits per heavy atom. The second kappa shape index (κ2) is 6.39. The molecule has 0 spiro atoms. The van der Waals surface area contributed by atoms with Crippen molar-refractivity contribution in [3.05, 3.63) is 36.0 Å². The second-order valence-electron chi connectivity index (χ2n) is 5.49. The maximum atomic E-state index is 12.7. The number of aromatic nitrogens is 3. The molecule has 0 atom stereocenters. The number of hydrogen-bond donors (Lipinski definition) is 2. The fourth-order valence-corrected chi connectivity index (χ4v) is 2.60. The Morgan fingerprint density at radius 3 is 2.65 bits per heavy atom. The van der Waals surface area contributed by atoms with Crippen molar-refractivity contribution in [2.24, 2.45) is 0 Å². The van der Waals surface area contributed by atoms with E-state index in [2.05, 4.69) is 25.8 Å². The SMILES string of the molecule is FC(F)(F)c1cccc(Nc2cnnc(NC3CCCC3)n2)c1. The molecule has 1 heterocycles. The number of nitrogens with zero attached hydrogens (tertiary/aromatic N) is 3. The zero-order valence-electron chi connectivity index (χ0n) is 12.3. The second-order valence-corrected chi connectivity index (χ2v) is 5.49. The minimum atomic E-state index is -4.38. The largest absolute Gasteiger partial charge is 0.416 e. The zero-order chi connectivity index (χ0) is 16.3. The molecule has 1 aromatic carbocycles.